The number of nitrogens with one attached hydrogen (secondary N) is 2. The maximum atomic E-state index is 12.3. The Hall–Kier alpha value is -2.74. The molecule has 1 heterocycles. The monoisotopic (exact) mass is 335 g/mol. The van der Waals surface area contributed by atoms with Gasteiger partial charge in [0.05, 0.1) is 0 Å². The Kier molecular flexibility index (Phi) is 5.07. The zero-order valence-electron chi connectivity index (χ0n) is 12.5. The number of benzene rings is 1. The van der Waals surface area contributed by atoms with Crippen LogP contribution in [-0.2, 0) is 6.54 Å². The molecule has 0 spiro atoms. The van der Waals surface area contributed by atoms with E-state index < -0.39 is 11.8 Å². The van der Waals surface area contributed by atoms with Crippen molar-refractivity contribution in [3.8, 4) is 0 Å². The van der Waals surface area contributed by atoms with E-state index in [2.05, 4.69) is 20.9 Å². The van der Waals surface area contributed by atoms with Crippen molar-refractivity contribution in [1.82, 2.24) is 25.6 Å². The standard InChI is InChI=1S/C14H14ClN5O3/c1-16-13(22)11-12(14(23)17-2)20(19-18-11)7-10(21)8-3-5-9(15)6-4-8/h3-6H,7H2,1-2H3,(H,16,22)(H,17,23). The molecule has 0 bridgehead atoms. The Morgan fingerprint density at radius 3 is 2.26 bits per heavy atom. The van der Waals surface area contributed by atoms with E-state index in [1.54, 1.807) is 24.3 Å². The van der Waals surface area contributed by atoms with Crippen LogP contribution in [0, 0.1) is 0 Å². The molecule has 0 saturated carbocycles. The first-order valence-electron chi connectivity index (χ1n) is 6.64. The van der Waals surface area contributed by atoms with E-state index in [4.69, 9.17) is 11.6 Å². The molecule has 2 rings (SSSR count). The van der Waals surface area contributed by atoms with Gasteiger partial charge in [-0.05, 0) is 24.3 Å². The van der Waals surface area contributed by atoms with Crippen LogP contribution < -0.4 is 10.6 Å². The van der Waals surface area contributed by atoms with Crippen molar-refractivity contribution in [2.24, 2.45) is 0 Å². The predicted octanol–water partition coefficient (Wildman–Crippen LogP) is 0.534. The minimum absolute atomic E-state index is 0.0748. The molecule has 120 valence electrons. The van der Waals surface area contributed by atoms with Gasteiger partial charge in [0.2, 0.25) is 0 Å². The molecule has 23 heavy (non-hydrogen) atoms. The van der Waals surface area contributed by atoms with Crippen molar-refractivity contribution >= 4 is 29.2 Å². The molecule has 0 saturated heterocycles. The van der Waals surface area contributed by atoms with E-state index in [9.17, 15) is 14.4 Å². The highest BCUT2D eigenvalue weighted by molar-refractivity contribution is 6.30. The molecule has 0 aliphatic carbocycles. The molecule has 0 aliphatic heterocycles. The Bertz CT molecular complexity index is 754. The van der Waals surface area contributed by atoms with E-state index in [0.717, 1.165) is 4.68 Å². The van der Waals surface area contributed by atoms with E-state index in [1.807, 2.05) is 0 Å². The van der Waals surface area contributed by atoms with Crippen LogP contribution in [0.15, 0.2) is 24.3 Å². The number of carbonyl (C=O) groups excluding carboxylic acids is 3. The van der Waals surface area contributed by atoms with Gasteiger partial charge in [-0.25, -0.2) is 4.68 Å². The van der Waals surface area contributed by atoms with Crippen LogP contribution >= 0.6 is 11.6 Å². The predicted molar refractivity (Wildman–Crippen MR) is 82.6 cm³/mol. The van der Waals surface area contributed by atoms with Crippen LogP contribution in [0.25, 0.3) is 0 Å². The number of hydrogen-bond donors (Lipinski definition) is 2. The number of carbonyl (C=O) groups is 3. The average Bonchev–Trinajstić information content (AvgIpc) is 2.97. The maximum Gasteiger partial charge on any atom is 0.274 e. The summed E-state index contributed by atoms with van der Waals surface area (Å²) in [6.07, 6.45) is 0. The lowest BCUT2D eigenvalue weighted by Gasteiger charge is -2.06. The largest absolute Gasteiger partial charge is 0.354 e. The summed E-state index contributed by atoms with van der Waals surface area (Å²) in [7, 11) is 2.82. The van der Waals surface area contributed by atoms with E-state index in [1.165, 1.54) is 14.1 Å². The second-order valence-corrected chi connectivity index (χ2v) is 4.97. The first-order chi connectivity index (χ1) is 11.0. The van der Waals surface area contributed by atoms with E-state index >= 15 is 0 Å². The van der Waals surface area contributed by atoms with Crippen molar-refractivity contribution in [2.75, 3.05) is 14.1 Å². The van der Waals surface area contributed by atoms with Crippen molar-refractivity contribution in [3.63, 3.8) is 0 Å². The quantitative estimate of drug-likeness (QED) is 0.775. The lowest BCUT2D eigenvalue weighted by atomic mass is 10.1. The van der Waals surface area contributed by atoms with Crippen molar-refractivity contribution < 1.29 is 14.4 Å². The molecule has 2 N–H and O–H groups in total. The van der Waals surface area contributed by atoms with Gasteiger partial charge in [-0.1, -0.05) is 16.8 Å². The van der Waals surface area contributed by atoms with Gasteiger partial charge in [0.15, 0.2) is 17.2 Å². The molecule has 9 heteroatoms. The maximum absolute atomic E-state index is 12.3. The van der Waals surface area contributed by atoms with Crippen LogP contribution in [0.2, 0.25) is 5.02 Å². The van der Waals surface area contributed by atoms with Crippen LogP contribution in [0.1, 0.15) is 31.3 Å². The Balaban J connectivity index is 2.34. The van der Waals surface area contributed by atoms with Crippen LogP contribution in [-0.4, -0.2) is 46.7 Å². The zero-order chi connectivity index (χ0) is 17.0. The molecular formula is C14H14ClN5O3. The number of ketones is 1. The van der Waals surface area contributed by atoms with Crippen LogP contribution in [0.3, 0.4) is 0 Å². The SMILES string of the molecule is CNC(=O)c1nnn(CC(=O)c2ccc(Cl)cc2)c1C(=O)NC. The first kappa shape index (κ1) is 16.6. The summed E-state index contributed by atoms with van der Waals surface area (Å²) in [4.78, 5) is 36.0. The fourth-order valence-corrected chi connectivity index (χ4v) is 2.03. The topological polar surface area (TPSA) is 106 Å². The van der Waals surface area contributed by atoms with Gasteiger partial charge in [-0.15, -0.1) is 5.10 Å². The number of Topliss-reactive ketones (excluding diaryl/α,β-unsaturated/α-hetero) is 1. The lowest BCUT2D eigenvalue weighted by Crippen LogP contribution is -2.28. The Morgan fingerprint density at radius 1 is 1.09 bits per heavy atom. The molecule has 1 aromatic carbocycles. The summed E-state index contributed by atoms with van der Waals surface area (Å²) >= 11 is 5.78. The van der Waals surface area contributed by atoms with Crippen molar-refractivity contribution in [3.05, 3.63) is 46.2 Å². The molecular weight excluding hydrogens is 322 g/mol. The molecule has 0 fully saturated rings. The van der Waals surface area contributed by atoms with Crippen LogP contribution in [0.5, 0.6) is 0 Å². The highest BCUT2D eigenvalue weighted by atomic mass is 35.5. The Morgan fingerprint density at radius 2 is 1.70 bits per heavy atom. The number of amides is 2. The summed E-state index contributed by atoms with van der Waals surface area (Å²) in [5.41, 5.74) is 0.194. The molecule has 2 aromatic rings. The molecule has 0 unspecified atom stereocenters. The highest BCUT2D eigenvalue weighted by Gasteiger charge is 2.25. The van der Waals surface area contributed by atoms with Gasteiger partial charge in [-0.2, -0.15) is 0 Å². The highest BCUT2D eigenvalue weighted by Crippen LogP contribution is 2.12. The number of nitrogens with zero attached hydrogens (tertiary/aromatic N) is 3. The van der Waals surface area contributed by atoms with Gasteiger partial charge >= 0.3 is 0 Å². The average molecular weight is 336 g/mol. The van der Waals surface area contributed by atoms with Gasteiger partial charge in [0.25, 0.3) is 11.8 Å². The number of aromatic nitrogens is 3. The molecule has 0 atom stereocenters. The minimum Gasteiger partial charge on any atom is -0.354 e. The van der Waals surface area contributed by atoms with Gasteiger partial charge in [0, 0.05) is 24.7 Å². The fraction of sp³-hybridized carbons (Fsp3) is 0.214. The summed E-state index contributed by atoms with van der Waals surface area (Å²) in [5.74, 6) is -1.41. The third-order valence-electron chi connectivity index (χ3n) is 3.08. The van der Waals surface area contributed by atoms with Crippen molar-refractivity contribution in [1.29, 1.82) is 0 Å². The number of hydrogen-bond acceptors (Lipinski definition) is 5. The van der Waals surface area contributed by atoms with Gasteiger partial charge < -0.3 is 10.6 Å². The second kappa shape index (κ2) is 7.01. The molecule has 0 aliphatic rings. The van der Waals surface area contributed by atoms with Crippen molar-refractivity contribution in [2.45, 2.75) is 6.54 Å². The summed E-state index contributed by atoms with van der Waals surface area (Å²) in [6, 6.07) is 6.32. The Labute approximate surface area is 136 Å². The third-order valence-corrected chi connectivity index (χ3v) is 3.33. The van der Waals surface area contributed by atoms with Gasteiger partial charge in [-0.3, -0.25) is 14.4 Å². The third kappa shape index (κ3) is 3.54. The normalized spacial score (nSPS) is 10.2. The summed E-state index contributed by atoms with van der Waals surface area (Å²) < 4.78 is 1.10. The summed E-state index contributed by atoms with van der Waals surface area (Å²) in [6.45, 7) is -0.228. The van der Waals surface area contributed by atoms with Crippen LogP contribution in [0.4, 0.5) is 0 Å². The number of halogens is 1. The summed E-state index contributed by atoms with van der Waals surface area (Å²) in [5, 5.41) is 12.7. The zero-order valence-corrected chi connectivity index (χ0v) is 13.2. The molecule has 0 radical (unpaired) electrons. The lowest BCUT2D eigenvalue weighted by molar-refractivity contribution is 0.0913. The molecule has 8 nitrogen and oxygen atoms in total. The number of rotatable bonds is 5. The molecule has 2 amide bonds. The fourth-order valence-electron chi connectivity index (χ4n) is 1.90. The van der Waals surface area contributed by atoms with Gasteiger partial charge in [0.1, 0.15) is 6.54 Å². The first-order valence-corrected chi connectivity index (χ1v) is 7.02. The smallest absolute Gasteiger partial charge is 0.274 e. The molecule has 1 aromatic heterocycles. The van der Waals surface area contributed by atoms with E-state index in [0.29, 0.717) is 10.6 Å². The van der Waals surface area contributed by atoms with E-state index in [-0.39, 0.29) is 23.7 Å². The minimum atomic E-state index is -0.561. The second-order valence-electron chi connectivity index (χ2n) is 4.53.